The van der Waals surface area contributed by atoms with Crippen molar-refractivity contribution in [1.29, 1.82) is 0 Å². The van der Waals surface area contributed by atoms with Crippen LogP contribution in [0.3, 0.4) is 0 Å². The molecule has 0 saturated heterocycles. The average molecular weight is 319 g/mol. The maximum atomic E-state index is 13.6. The summed E-state index contributed by atoms with van der Waals surface area (Å²) >= 11 is 0. The van der Waals surface area contributed by atoms with Crippen LogP contribution < -0.4 is 10.1 Å². The van der Waals surface area contributed by atoms with Gasteiger partial charge >= 0.3 is 0 Å². The number of nitrogens with one attached hydrogen (secondary N) is 1. The highest BCUT2D eigenvalue weighted by Crippen LogP contribution is 2.28. The third-order valence-corrected chi connectivity index (χ3v) is 3.74. The van der Waals surface area contributed by atoms with E-state index in [4.69, 9.17) is 4.74 Å². The zero-order valence-corrected chi connectivity index (χ0v) is 12.1. The molecule has 2 N–H and O–H groups in total. The molecule has 2 aromatic carbocycles. The molecule has 120 valence electrons. The number of benzene rings is 2. The molecule has 2 aromatic rings. The van der Waals surface area contributed by atoms with Gasteiger partial charge in [0.15, 0.2) is 6.10 Å². The van der Waals surface area contributed by atoms with Crippen molar-refractivity contribution in [3.63, 3.8) is 0 Å². The topological polar surface area (TPSA) is 58.6 Å². The highest BCUT2D eigenvalue weighted by molar-refractivity contribution is 5.82. The number of aliphatic hydroxyl groups is 1. The van der Waals surface area contributed by atoms with Gasteiger partial charge in [-0.15, -0.1) is 0 Å². The number of rotatable bonds is 4. The number of carbonyl (C=O) groups is 1. The zero-order valence-electron chi connectivity index (χ0n) is 12.1. The van der Waals surface area contributed by atoms with Gasteiger partial charge in [-0.25, -0.2) is 8.78 Å². The number of hydrogen-bond acceptors (Lipinski definition) is 3. The Labute approximate surface area is 131 Å². The Morgan fingerprint density at radius 2 is 1.91 bits per heavy atom. The van der Waals surface area contributed by atoms with E-state index in [1.807, 2.05) is 18.2 Å². The van der Waals surface area contributed by atoms with Crippen LogP contribution >= 0.6 is 0 Å². The maximum Gasteiger partial charge on any atom is 0.261 e. The Hall–Kier alpha value is -2.47. The molecule has 3 rings (SSSR count). The number of halogens is 2. The SMILES string of the molecule is O=C(NCC(O)c1c(F)cccc1F)C1Cc2ccccc2O1. The number of fused-ring (bicyclic) bond motifs is 1. The minimum absolute atomic E-state index is 0.299. The molecule has 0 radical (unpaired) electrons. The van der Waals surface area contributed by atoms with Crippen LogP contribution in [0.15, 0.2) is 42.5 Å². The Morgan fingerprint density at radius 3 is 2.61 bits per heavy atom. The van der Waals surface area contributed by atoms with Crippen molar-refractivity contribution >= 4 is 5.91 Å². The van der Waals surface area contributed by atoms with E-state index in [-0.39, 0.29) is 6.54 Å². The van der Waals surface area contributed by atoms with Crippen LogP contribution in [0.5, 0.6) is 5.75 Å². The van der Waals surface area contributed by atoms with Gasteiger partial charge in [-0.2, -0.15) is 0 Å². The van der Waals surface area contributed by atoms with Gasteiger partial charge in [0.05, 0.1) is 5.56 Å². The molecular weight excluding hydrogens is 304 g/mol. The van der Waals surface area contributed by atoms with Crippen molar-refractivity contribution in [2.45, 2.75) is 18.6 Å². The monoisotopic (exact) mass is 319 g/mol. The summed E-state index contributed by atoms with van der Waals surface area (Å²) in [7, 11) is 0. The van der Waals surface area contributed by atoms with Gasteiger partial charge in [-0.3, -0.25) is 4.79 Å². The van der Waals surface area contributed by atoms with E-state index in [9.17, 15) is 18.7 Å². The van der Waals surface area contributed by atoms with Crippen molar-refractivity contribution in [2.24, 2.45) is 0 Å². The van der Waals surface area contributed by atoms with Gasteiger partial charge in [0.1, 0.15) is 23.5 Å². The highest BCUT2D eigenvalue weighted by Gasteiger charge is 2.29. The number of hydrogen-bond donors (Lipinski definition) is 2. The maximum absolute atomic E-state index is 13.6. The molecule has 23 heavy (non-hydrogen) atoms. The van der Waals surface area contributed by atoms with Gasteiger partial charge in [-0.05, 0) is 23.8 Å². The van der Waals surface area contributed by atoms with Gasteiger partial charge in [0, 0.05) is 13.0 Å². The smallest absolute Gasteiger partial charge is 0.261 e. The van der Waals surface area contributed by atoms with Crippen molar-refractivity contribution in [2.75, 3.05) is 6.54 Å². The fourth-order valence-corrected chi connectivity index (χ4v) is 2.57. The number of carbonyl (C=O) groups excluding carboxylic acids is 1. The van der Waals surface area contributed by atoms with Crippen LogP contribution in [0.25, 0.3) is 0 Å². The van der Waals surface area contributed by atoms with Crippen molar-refractivity contribution in [3.05, 3.63) is 65.2 Å². The van der Waals surface area contributed by atoms with E-state index in [1.54, 1.807) is 6.07 Å². The summed E-state index contributed by atoms with van der Waals surface area (Å²) in [6.45, 7) is -0.299. The van der Waals surface area contributed by atoms with E-state index < -0.39 is 35.3 Å². The van der Waals surface area contributed by atoms with Crippen molar-refractivity contribution in [3.8, 4) is 5.75 Å². The second-order valence-electron chi connectivity index (χ2n) is 5.31. The van der Waals surface area contributed by atoms with Crippen LogP contribution in [0.1, 0.15) is 17.2 Å². The molecule has 0 aliphatic carbocycles. The lowest BCUT2D eigenvalue weighted by molar-refractivity contribution is -0.127. The van der Waals surface area contributed by atoms with Gasteiger partial charge in [0.2, 0.25) is 0 Å². The lowest BCUT2D eigenvalue weighted by atomic mass is 10.1. The van der Waals surface area contributed by atoms with Crippen LogP contribution in [0, 0.1) is 11.6 Å². The standard InChI is InChI=1S/C17H15F2NO3/c18-11-5-3-6-12(19)16(11)13(21)9-20-17(22)15-8-10-4-1-2-7-14(10)23-15/h1-7,13,15,21H,8-9H2,(H,20,22). The number of aliphatic hydroxyl groups excluding tert-OH is 1. The molecule has 1 aliphatic rings. The molecule has 0 saturated carbocycles. The first-order valence-electron chi connectivity index (χ1n) is 7.20. The lowest BCUT2D eigenvalue weighted by Crippen LogP contribution is -2.39. The third kappa shape index (κ3) is 3.17. The van der Waals surface area contributed by atoms with Crippen LogP contribution in [-0.4, -0.2) is 23.7 Å². The molecule has 0 fully saturated rings. The third-order valence-electron chi connectivity index (χ3n) is 3.74. The largest absolute Gasteiger partial charge is 0.480 e. The number of para-hydroxylation sites is 1. The quantitative estimate of drug-likeness (QED) is 0.907. The molecule has 1 amide bonds. The van der Waals surface area contributed by atoms with E-state index in [0.29, 0.717) is 12.2 Å². The van der Waals surface area contributed by atoms with E-state index >= 15 is 0 Å². The fraction of sp³-hybridized carbons (Fsp3) is 0.235. The molecule has 0 aromatic heterocycles. The van der Waals surface area contributed by atoms with E-state index in [2.05, 4.69) is 5.32 Å². The molecule has 0 spiro atoms. The molecule has 2 atom stereocenters. The molecule has 2 unspecified atom stereocenters. The first kappa shape index (κ1) is 15.4. The molecule has 6 heteroatoms. The normalized spacial score (nSPS) is 17.3. The first-order valence-corrected chi connectivity index (χ1v) is 7.20. The summed E-state index contributed by atoms with van der Waals surface area (Å²) in [6.07, 6.45) is -1.75. The Kier molecular flexibility index (Phi) is 4.25. The molecule has 0 bridgehead atoms. The number of ether oxygens (including phenoxy) is 1. The van der Waals surface area contributed by atoms with Gasteiger partial charge < -0.3 is 15.2 Å². The Bertz CT molecular complexity index is 690. The minimum Gasteiger partial charge on any atom is -0.480 e. The predicted molar refractivity (Wildman–Crippen MR) is 78.9 cm³/mol. The second kappa shape index (κ2) is 6.34. The molecule has 1 aliphatic heterocycles. The summed E-state index contributed by atoms with van der Waals surface area (Å²) in [6, 6.07) is 10.6. The van der Waals surface area contributed by atoms with Crippen molar-refractivity contribution in [1.82, 2.24) is 5.32 Å². The first-order chi connectivity index (χ1) is 11.1. The summed E-state index contributed by atoms with van der Waals surface area (Å²) in [5, 5.41) is 12.4. The number of amides is 1. The Morgan fingerprint density at radius 1 is 1.22 bits per heavy atom. The summed E-state index contributed by atoms with van der Waals surface area (Å²) in [4.78, 5) is 12.1. The highest BCUT2D eigenvalue weighted by atomic mass is 19.1. The van der Waals surface area contributed by atoms with Crippen LogP contribution in [0.2, 0.25) is 0 Å². The van der Waals surface area contributed by atoms with Crippen LogP contribution in [-0.2, 0) is 11.2 Å². The summed E-state index contributed by atoms with van der Waals surface area (Å²) < 4.78 is 32.6. The predicted octanol–water partition coefficient (Wildman–Crippen LogP) is 2.12. The average Bonchev–Trinajstić information content (AvgIpc) is 2.96. The van der Waals surface area contributed by atoms with Gasteiger partial charge in [0.25, 0.3) is 5.91 Å². The Balaban J connectivity index is 1.60. The molecule has 1 heterocycles. The zero-order chi connectivity index (χ0) is 16.4. The van der Waals surface area contributed by atoms with Crippen molar-refractivity contribution < 1.29 is 23.4 Å². The van der Waals surface area contributed by atoms with E-state index in [1.165, 1.54) is 6.07 Å². The fourth-order valence-electron chi connectivity index (χ4n) is 2.57. The molecule has 4 nitrogen and oxygen atoms in total. The summed E-state index contributed by atoms with van der Waals surface area (Å²) in [5.41, 5.74) is 0.469. The summed E-state index contributed by atoms with van der Waals surface area (Å²) in [5.74, 6) is -1.49. The minimum atomic E-state index is -1.47. The second-order valence-corrected chi connectivity index (χ2v) is 5.31. The van der Waals surface area contributed by atoms with Gasteiger partial charge in [-0.1, -0.05) is 24.3 Å². The molecular formula is C17H15F2NO3. The van der Waals surface area contributed by atoms with E-state index in [0.717, 1.165) is 17.7 Å². The van der Waals surface area contributed by atoms with Crippen LogP contribution in [0.4, 0.5) is 8.78 Å². The lowest BCUT2D eigenvalue weighted by Gasteiger charge is -2.16.